The molecule has 21 heavy (non-hydrogen) atoms. The maximum absolute atomic E-state index is 5.40. The third-order valence-corrected chi connectivity index (χ3v) is 4.56. The summed E-state index contributed by atoms with van der Waals surface area (Å²) in [4.78, 5) is 0. The van der Waals surface area contributed by atoms with Gasteiger partial charge in [-0.3, -0.25) is 0 Å². The number of hydrogen-bond acceptors (Lipinski definition) is 2. The van der Waals surface area contributed by atoms with Crippen LogP contribution in [-0.2, 0) is 0 Å². The first kappa shape index (κ1) is 18.3. The zero-order valence-electron chi connectivity index (χ0n) is 14.7. The van der Waals surface area contributed by atoms with Crippen molar-refractivity contribution < 1.29 is 4.52 Å². The molecule has 1 heterocycles. The molecule has 1 unspecified atom stereocenters. The van der Waals surface area contributed by atoms with E-state index in [9.17, 15) is 0 Å². The van der Waals surface area contributed by atoms with Gasteiger partial charge in [0.1, 0.15) is 5.76 Å². The quantitative estimate of drug-likeness (QED) is 0.400. The molecule has 0 saturated heterocycles. The molecule has 0 bridgehead atoms. The van der Waals surface area contributed by atoms with Crippen molar-refractivity contribution in [2.45, 2.75) is 104 Å². The lowest BCUT2D eigenvalue weighted by molar-refractivity contribution is 0.389. The molecular weight excluding hydrogens is 258 g/mol. The van der Waals surface area contributed by atoms with E-state index in [4.69, 9.17) is 4.52 Å². The molecule has 0 fully saturated rings. The van der Waals surface area contributed by atoms with Gasteiger partial charge in [-0.1, -0.05) is 76.8 Å². The maximum atomic E-state index is 5.40. The van der Waals surface area contributed by atoms with E-state index in [0.717, 1.165) is 11.5 Å². The molecule has 1 rings (SSSR count). The topological polar surface area (TPSA) is 26.0 Å². The molecule has 0 aromatic carbocycles. The van der Waals surface area contributed by atoms with Crippen molar-refractivity contribution in [1.29, 1.82) is 0 Å². The Hall–Kier alpha value is -0.790. The normalized spacial score (nSPS) is 12.8. The number of aryl methyl sites for hydroxylation is 2. The van der Waals surface area contributed by atoms with E-state index < -0.39 is 0 Å². The molecule has 0 aliphatic rings. The molecule has 2 heteroatoms. The van der Waals surface area contributed by atoms with E-state index in [-0.39, 0.29) is 0 Å². The smallest absolute Gasteiger partial charge is 0.137 e. The summed E-state index contributed by atoms with van der Waals surface area (Å²) < 4.78 is 5.40. The number of rotatable bonds is 12. The van der Waals surface area contributed by atoms with E-state index in [1.165, 1.54) is 76.2 Å². The maximum Gasteiger partial charge on any atom is 0.137 e. The second-order valence-corrected chi connectivity index (χ2v) is 6.49. The van der Waals surface area contributed by atoms with E-state index in [1.54, 1.807) is 0 Å². The zero-order valence-corrected chi connectivity index (χ0v) is 14.7. The minimum atomic E-state index is 0.662. The van der Waals surface area contributed by atoms with E-state index in [1.807, 2.05) is 0 Å². The fraction of sp³-hybridized carbons (Fsp3) is 0.842. The van der Waals surface area contributed by atoms with Gasteiger partial charge in [-0.2, -0.15) is 0 Å². The standard InChI is InChI=1S/C19H35NO/c1-5-7-9-11-13-15-18(14-12-10-8-6-2)19-16(3)20-21-17(19)4/h18H,5-15H2,1-4H3. The summed E-state index contributed by atoms with van der Waals surface area (Å²) in [6.45, 7) is 8.73. The summed E-state index contributed by atoms with van der Waals surface area (Å²) in [6.07, 6.45) is 14.8. The van der Waals surface area contributed by atoms with Crippen LogP contribution in [0.3, 0.4) is 0 Å². The highest BCUT2D eigenvalue weighted by atomic mass is 16.5. The molecule has 0 amide bonds. The predicted molar refractivity (Wildman–Crippen MR) is 90.9 cm³/mol. The van der Waals surface area contributed by atoms with Gasteiger partial charge in [0, 0.05) is 5.56 Å². The summed E-state index contributed by atoms with van der Waals surface area (Å²) in [6, 6.07) is 0. The van der Waals surface area contributed by atoms with Crippen molar-refractivity contribution in [3.05, 3.63) is 17.0 Å². The lowest BCUT2D eigenvalue weighted by Gasteiger charge is -2.17. The van der Waals surface area contributed by atoms with Crippen LogP contribution in [0.25, 0.3) is 0 Å². The summed E-state index contributed by atoms with van der Waals surface area (Å²) >= 11 is 0. The molecule has 2 nitrogen and oxygen atoms in total. The second kappa shape index (κ2) is 10.9. The van der Waals surface area contributed by atoms with E-state index in [0.29, 0.717) is 5.92 Å². The first-order chi connectivity index (χ1) is 10.2. The highest BCUT2D eigenvalue weighted by Gasteiger charge is 2.19. The molecular formula is C19H35NO. The number of hydrogen-bond donors (Lipinski definition) is 0. The molecule has 0 radical (unpaired) electrons. The van der Waals surface area contributed by atoms with Crippen LogP contribution in [0.5, 0.6) is 0 Å². The monoisotopic (exact) mass is 293 g/mol. The van der Waals surface area contributed by atoms with E-state index >= 15 is 0 Å². The molecule has 0 spiro atoms. The highest BCUT2D eigenvalue weighted by Crippen LogP contribution is 2.32. The van der Waals surface area contributed by atoms with Crippen LogP contribution in [0.4, 0.5) is 0 Å². The average Bonchev–Trinajstić information content (AvgIpc) is 2.80. The van der Waals surface area contributed by atoms with Crippen molar-refractivity contribution >= 4 is 0 Å². The van der Waals surface area contributed by atoms with E-state index in [2.05, 4.69) is 32.9 Å². The third kappa shape index (κ3) is 6.67. The van der Waals surface area contributed by atoms with Gasteiger partial charge in [-0.25, -0.2) is 0 Å². The Labute approximate surface area is 131 Å². The Morgan fingerprint density at radius 1 is 0.810 bits per heavy atom. The molecule has 0 saturated carbocycles. The lowest BCUT2D eigenvalue weighted by atomic mass is 9.87. The Kier molecular flexibility index (Phi) is 9.45. The van der Waals surface area contributed by atoms with Gasteiger partial charge in [0.15, 0.2) is 0 Å². The van der Waals surface area contributed by atoms with Crippen molar-refractivity contribution in [2.24, 2.45) is 0 Å². The summed E-state index contributed by atoms with van der Waals surface area (Å²) in [5.41, 5.74) is 2.52. The van der Waals surface area contributed by atoms with Crippen LogP contribution in [0.1, 0.15) is 107 Å². The van der Waals surface area contributed by atoms with Gasteiger partial charge in [-0.15, -0.1) is 0 Å². The number of nitrogens with zero attached hydrogens (tertiary/aromatic N) is 1. The Morgan fingerprint density at radius 3 is 1.81 bits per heavy atom. The van der Waals surface area contributed by atoms with Crippen LogP contribution >= 0.6 is 0 Å². The lowest BCUT2D eigenvalue weighted by Crippen LogP contribution is -2.02. The first-order valence-corrected chi connectivity index (χ1v) is 9.13. The van der Waals surface area contributed by atoms with Crippen LogP contribution in [-0.4, -0.2) is 5.16 Å². The highest BCUT2D eigenvalue weighted by molar-refractivity contribution is 5.25. The minimum absolute atomic E-state index is 0.662. The number of unbranched alkanes of at least 4 members (excludes halogenated alkanes) is 7. The Morgan fingerprint density at radius 2 is 1.33 bits per heavy atom. The molecule has 1 aromatic rings. The summed E-state index contributed by atoms with van der Waals surface area (Å²) in [5, 5.41) is 4.16. The van der Waals surface area contributed by atoms with Crippen LogP contribution in [0, 0.1) is 13.8 Å². The van der Waals surface area contributed by atoms with Gasteiger partial charge in [0.25, 0.3) is 0 Å². The number of aromatic nitrogens is 1. The van der Waals surface area contributed by atoms with Crippen molar-refractivity contribution in [3.63, 3.8) is 0 Å². The molecule has 0 aliphatic heterocycles. The molecule has 122 valence electrons. The first-order valence-electron chi connectivity index (χ1n) is 9.13. The molecule has 1 aromatic heterocycles. The van der Waals surface area contributed by atoms with Gasteiger partial charge in [-0.05, 0) is 32.6 Å². The molecule has 0 N–H and O–H groups in total. The minimum Gasteiger partial charge on any atom is -0.361 e. The van der Waals surface area contributed by atoms with Crippen LogP contribution in [0.2, 0.25) is 0 Å². The van der Waals surface area contributed by atoms with Crippen molar-refractivity contribution in [3.8, 4) is 0 Å². The summed E-state index contributed by atoms with van der Waals surface area (Å²) in [5.74, 6) is 1.70. The Balaban J connectivity index is 2.49. The Bertz CT molecular complexity index is 350. The summed E-state index contributed by atoms with van der Waals surface area (Å²) in [7, 11) is 0. The van der Waals surface area contributed by atoms with Gasteiger partial charge >= 0.3 is 0 Å². The van der Waals surface area contributed by atoms with Crippen molar-refractivity contribution in [2.75, 3.05) is 0 Å². The van der Waals surface area contributed by atoms with Crippen LogP contribution < -0.4 is 0 Å². The zero-order chi connectivity index (χ0) is 15.5. The molecule has 0 aliphatic carbocycles. The predicted octanol–water partition coefficient (Wildman–Crippen LogP) is 6.71. The van der Waals surface area contributed by atoms with Gasteiger partial charge in [0.2, 0.25) is 0 Å². The molecule has 1 atom stereocenters. The van der Waals surface area contributed by atoms with Crippen LogP contribution in [0.15, 0.2) is 4.52 Å². The van der Waals surface area contributed by atoms with Crippen molar-refractivity contribution in [1.82, 2.24) is 5.16 Å². The largest absolute Gasteiger partial charge is 0.361 e. The second-order valence-electron chi connectivity index (χ2n) is 6.49. The third-order valence-electron chi connectivity index (χ3n) is 4.56. The fourth-order valence-corrected chi connectivity index (χ4v) is 3.32. The fourth-order valence-electron chi connectivity index (χ4n) is 3.32. The average molecular weight is 293 g/mol. The SMILES string of the molecule is CCCCCCCC(CCCCCC)c1c(C)noc1C. The van der Waals surface area contributed by atoms with Gasteiger partial charge < -0.3 is 4.52 Å². The van der Waals surface area contributed by atoms with Gasteiger partial charge in [0.05, 0.1) is 5.69 Å².